The summed E-state index contributed by atoms with van der Waals surface area (Å²) in [5.41, 5.74) is 1.96. The van der Waals surface area contributed by atoms with Gasteiger partial charge in [-0.15, -0.1) is 0 Å². The highest BCUT2D eigenvalue weighted by molar-refractivity contribution is 6.31. The lowest BCUT2D eigenvalue weighted by Crippen LogP contribution is -2.33. The number of benzene rings is 2. The number of amides is 1. The third kappa shape index (κ3) is 6.43. The first-order chi connectivity index (χ1) is 18.2. The molecule has 1 heterocycles. The van der Waals surface area contributed by atoms with Gasteiger partial charge in [-0.3, -0.25) is 23.7 Å². The molecule has 3 aromatic rings. The first-order valence-electron chi connectivity index (χ1n) is 11.6. The molecule has 38 heavy (non-hydrogen) atoms. The zero-order valence-electron chi connectivity index (χ0n) is 21.1. The highest BCUT2D eigenvalue weighted by Gasteiger charge is 2.25. The van der Waals surface area contributed by atoms with Crippen LogP contribution in [-0.2, 0) is 4.79 Å². The van der Waals surface area contributed by atoms with E-state index in [1.807, 2.05) is 0 Å². The summed E-state index contributed by atoms with van der Waals surface area (Å²) in [5.74, 6) is -0.484. The fraction of sp³-hybridized carbons (Fsp3) is 0.179. The minimum absolute atomic E-state index is 0.0147. The van der Waals surface area contributed by atoms with Crippen LogP contribution in [0.4, 0.5) is 5.69 Å². The van der Waals surface area contributed by atoms with Crippen molar-refractivity contribution in [2.75, 3.05) is 19.5 Å². The van der Waals surface area contributed by atoms with E-state index < -0.39 is 17.5 Å². The number of aromatic nitrogens is 1. The number of halogens is 1. The van der Waals surface area contributed by atoms with E-state index in [0.717, 1.165) is 6.21 Å². The molecule has 3 N–H and O–H groups in total. The lowest BCUT2D eigenvalue weighted by Gasteiger charge is -2.22. The average molecular weight is 535 g/mol. The van der Waals surface area contributed by atoms with Gasteiger partial charge >= 0.3 is 0 Å². The number of pyridine rings is 1. The van der Waals surface area contributed by atoms with Crippen LogP contribution in [0, 0.1) is 5.41 Å². The summed E-state index contributed by atoms with van der Waals surface area (Å²) in [4.78, 5) is 50.1. The number of aldehydes is 1. The van der Waals surface area contributed by atoms with Gasteiger partial charge in [0.1, 0.15) is 18.1 Å². The van der Waals surface area contributed by atoms with E-state index in [-0.39, 0.29) is 18.0 Å². The Bertz CT molecular complexity index is 1460. The first-order valence-corrected chi connectivity index (χ1v) is 11.9. The van der Waals surface area contributed by atoms with Crippen molar-refractivity contribution in [2.45, 2.75) is 19.4 Å². The first kappa shape index (κ1) is 28.1. The number of hydrogen-bond donors (Lipinski definition) is 3. The maximum Gasteiger partial charge on any atom is 0.252 e. The molecule has 10 heteroatoms. The van der Waals surface area contributed by atoms with Crippen molar-refractivity contribution in [2.24, 2.45) is 0 Å². The zero-order chi connectivity index (χ0) is 27.8. The van der Waals surface area contributed by atoms with E-state index in [4.69, 9.17) is 21.7 Å². The van der Waals surface area contributed by atoms with Crippen LogP contribution in [0.15, 0.2) is 71.3 Å². The summed E-state index contributed by atoms with van der Waals surface area (Å²) in [7, 11) is 3.08. The summed E-state index contributed by atoms with van der Waals surface area (Å²) in [6.45, 7) is 1.41. The number of Topliss-reactive ketones (excluding diaryl/α,β-unsaturated/α-hetero) is 1. The molecule has 0 saturated heterocycles. The molecule has 0 saturated carbocycles. The SMILES string of the molecule is CN/C=C(\C=N)CC(C(=O)Nc1ccc(C=O)cc1)n1cc(OC)c(-c2cc(Cl)ccc2C(C)=O)cc1=O. The number of hydrogen-bond acceptors (Lipinski definition) is 7. The predicted octanol–water partition coefficient (Wildman–Crippen LogP) is 4.52. The molecule has 0 aliphatic rings. The van der Waals surface area contributed by atoms with Crippen LogP contribution < -0.4 is 20.9 Å². The topological polar surface area (TPSA) is 130 Å². The van der Waals surface area contributed by atoms with Crippen molar-refractivity contribution in [1.82, 2.24) is 9.88 Å². The summed E-state index contributed by atoms with van der Waals surface area (Å²) in [5, 5.41) is 13.7. The van der Waals surface area contributed by atoms with Gasteiger partial charge in [-0.25, -0.2) is 0 Å². The molecule has 0 fully saturated rings. The molecule has 0 aliphatic heterocycles. The van der Waals surface area contributed by atoms with Crippen molar-refractivity contribution < 1.29 is 19.1 Å². The number of anilines is 1. The molecule has 1 unspecified atom stereocenters. The highest BCUT2D eigenvalue weighted by Crippen LogP contribution is 2.34. The van der Waals surface area contributed by atoms with Crippen LogP contribution in [0.25, 0.3) is 11.1 Å². The minimum Gasteiger partial charge on any atom is -0.495 e. The van der Waals surface area contributed by atoms with Gasteiger partial charge in [0.2, 0.25) is 5.91 Å². The van der Waals surface area contributed by atoms with Gasteiger partial charge in [0.15, 0.2) is 5.78 Å². The average Bonchev–Trinajstić information content (AvgIpc) is 2.91. The Balaban J connectivity index is 2.14. The molecule has 1 amide bonds. The quantitative estimate of drug-likeness (QED) is 0.188. The number of carbonyl (C=O) groups excluding carboxylic acids is 3. The molecule has 2 aromatic carbocycles. The van der Waals surface area contributed by atoms with Gasteiger partial charge < -0.3 is 20.8 Å². The van der Waals surface area contributed by atoms with Crippen LogP contribution in [0.1, 0.15) is 40.1 Å². The second-order valence-corrected chi connectivity index (χ2v) is 8.78. The summed E-state index contributed by atoms with van der Waals surface area (Å²) in [6, 6.07) is 11.2. The smallest absolute Gasteiger partial charge is 0.252 e. The van der Waals surface area contributed by atoms with Gasteiger partial charge in [0, 0.05) is 59.3 Å². The molecule has 9 nitrogen and oxygen atoms in total. The molecule has 0 bridgehead atoms. The number of carbonyl (C=O) groups is 3. The van der Waals surface area contributed by atoms with Gasteiger partial charge in [-0.05, 0) is 60.5 Å². The number of nitrogens with zero attached hydrogens (tertiary/aromatic N) is 1. The van der Waals surface area contributed by atoms with Crippen molar-refractivity contribution in [1.29, 1.82) is 5.41 Å². The van der Waals surface area contributed by atoms with Crippen LogP contribution >= 0.6 is 11.6 Å². The van der Waals surface area contributed by atoms with Gasteiger partial charge in [0.05, 0.1) is 13.3 Å². The van der Waals surface area contributed by atoms with E-state index in [1.54, 1.807) is 55.7 Å². The number of ether oxygens (including phenoxy) is 1. The number of nitrogens with one attached hydrogen (secondary N) is 3. The van der Waals surface area contributed by atoms with E-state index in [9.17, 15) is 19.2 Å². The van der Waals surface area contributed by atoms with Gasteiger partial charge in [0.25, 0.3) is 5.56 Å². The highest BCUT2D eigenvalue weighted by atomic mass is 35.5. The summed E-state index contributed by atoms with van der Waals surface area (Å²) < 4.78 is 6.80. The Morgan fingerprint density at radius 1 is 1.13 bits per heavy atom. The van der Waals surface area contributed by atoms with Crippen molar-refractivity contribution >= 4 is 41.5 Å². The van der Waals surface area contributed by atoms with E-state index in [0.29, 0.717) is 44.8 Å². The van der Waals surface area contributed by atoms with Gasteiger partial charge in [-0.1, -0.05) is 11.6 Å². The van der Waals surface area contributed by atoms with Crippen molar-refractivity contribution in [3.63, 3.8) is 0 Å². The lowest BCUT2D eigenvalue weighted by molar-refractivity contribution is -0.119. The Morgan fingerprint density at radius 3 is 2.42 bits per heavy atom. The summed E-state index contributed by atoms with van der Waals surface area (Å²) >= 11 is 6.19. The normalized spacial score (nSPS) is 11.8. The minimum atomic E-state index is -1.07. The maximum absolute atomic E-state index is 13.5. The van der Waals surface area contributed by atoms with Crippen LogP contribution in [0.3, 0.4) is 0 Å². The predicted molar refractivity (Wildman–Crippen MR) is 148 cm³/mol. The zero-order valence-corrected chi connectivity index (χ0v) is 21.8. The van der Waals surface area contributed by atoms with Gasteiger partial charge in [-0.2, -0.15) is 0 Å². The van der Waals surface area contributed by atoms with Crippen LogP contribution in [-0.4, -0.2) is 42.9 Å². The van der Waals surface area contributed by atoms with E-state index in [2.05, 4.69) is 10.6 Å². The molecule has 0 spiro atoms. The number of ketones is 1. The monoisotopic (exact) mass is 534 g/mol. The molecule has 0 aliphatic carbocycles. The van der Waals surface area contributed by atoms with Crippen molar-refractivity contribution in [3.8, 4) is 16.9 Å². The van der Waals surface area contributed by atoms with Crippen molar-refractivity contribution in [3.05, 3.63) is 93.0 Å². The second kappa shape index (κ2) is 12.6. The third-order valence-electron chi connectivity index (χ3n) is 5.81. The molecule has 1 atom stereocenters. The summed E-state index contributed by atoms with van der Waals surface area (Å²) in [6.07, 6.45) is 4.77. The number of allylic oxidation sites excluding steroid dienone is 1. The Morgan fingerprint density at radius 2 is 1.84 bits per heavy atom. The molecule has 1 aromatic heterocycles. The molecule has 0 radical (unpaired) electrons. The molecule has 196 valence electrons. The fourth-order valence-corrected chi connectivity index (χ4v) is 4.12. The Hall–Kier alpha value is -4.50. The van der Waals surface area contributed by atoms with Crippen LogP contribution in [0.2, 0.25) is 5.02 Å². The number of methoxy groups -OCH3 is 1. The van der Waals surface area contributed by atoms with E-state index >= 15 is 0 Å². The molecular formula is C28H27ClN4O5. The fourth-order valence-electron chi connectivity index (χ4n) is 3.95. The molecular weight excluding hydrogens is 508 g/mol. The van der Waals surface area contributed by atoms with Crippen LogP contribution in [0.5, 0.6) is 5.75 Å². The standard InChI is InChI=1S/C28H27ClN4O5/c1-17(35)22-9-6-20(29)11-23(22)24-12-27(36)33(15-26(24)38-3)25(10-19(13-30)14-31-2)28(37)32-21-7-4-18(16-34)5-8-21/h4-9,11-16,25,30-31H,10H2,1-3H3,(H,32,37)/b19-14-,30-13?. The Labute approximate surface area is 224 Å². The maximum atomic E-state index is 13.5. The lowest BCUT2D eigenvalue weighted by atomic mass is 9.97. The third-order valence-corrected chi connectivity index (χ3v) is 6.05. The number of rotatable bonds is 11. The molecule has 3 rings (SSSR count). The second-order valence-electron chi connectivity index (χ2n) is 8.35. The largest absolute Gasteiger partial charge is 0.495 e. The van der Waals surface area contributed by atoms with E-state index in [1.165, 1.54) is 30.9 Å². The Kier molecular flexibility index (Phi) is 9.34.